The zero-order valence-corrected chi connectivity index (χ0v) is 9.46. The van der Waals surface area contributed by atoms with E-state index in [1.54, 1.807) is 6.92 Å². The zero-order valence-electron chi connectivity index (χ0n) is 9.46. The Kier molecular flexibility index (Phi) is 8.90. The van der Waals surface area contributed by atoms with E-state index in [2.05, 4.69) is 11.2 Å². The van der Waals surface area contributed by atoms with Crippen molar-refractivity contribution < 1.29 is 9.90 Å². The molecule has 1 atom stereocenters. The molecule has 0 saturated carbocycles. The molecule has 0 aromatic heterocycles. The Hall–Kier alpha value is -1.01. The van der Waals surface area contributed by atoms with Crippen LogP contribution in [0, 0.1) is 12.3 Å². The van der Waals surface area contributed by atoms with Crippen molar-refractivity contribution in [2.24, 2.45) is 0 Å². The van der Waals surface area contributed by atoms with Crippen molar-refractivity contribution in [3.63, 3.8) is 0 Å². The van der Waals surface area contributed by atoms with Crippen LogP contribution in [0.4, 0.5) is 0 Å². The van der Waals surface area contributed by atoms with Crippen LogP contribution in [0.5, 0.6) is 0 Å². The first-order valence-electron chi connectivity index (χ1n) is 5.55. The Morgan fingerprint density at radius 2 is 2.20 bits per heavy atom. The van der Waals surface area contributed by atoms with E-state index in [1.165, 1.54) is 0 Å². The highest BCUT2D eigenvalue weighted by atomic mass is 16.3. The monoisotopic (exact) mass is 211 g/mol. The molecule has 0 spiro atoms. The number of rotatable bonds is 8. The van der Waals surface area contributed by atoms with Crippen molar-refractivity contribution in [1.82, 2.24) is 5.32 Å². The lowest BCUT2D eigenvalue weighted by molar-refractivity contribution is -0.121. The van der Waals surface area contributed by atoms with Gasteiger partial charge < -0.3 is 10.4 Å². The smallest absolute Gasteiger partial charge is 0.219 e. The second kappa shape index (κ2) is 9.54. The number of carbonyl (C=O) groups is 1. The third kappa shape index (κ3) is 10.9. The minimum atomic E-state index is -0.280. The molecule has 0 fully saturated rings. The number of hydrogen-bond acceptors (Lipinski definition) is 2. The van der Waals surface area contributed by atoms with Crippen molar-refractivity contribution in [2.45, 2.75) is 51.6 Å². The summed E-state index contributed by atoms with van der Waals surface area (Å²) in [4.78, 5) is 11.2. The molecule has 15 heavy (non-hydrogen) atoms. The van der Waals surface area contributed by atoms with Gasteiger partial charge in [-0.3, -0.25) is 4.79 Å². The van der Waals surface area contributed by atoms with Crippen LogP contribution in [0.25, 0.3) is 0 Å². The van der Waals surface area contributed by atoms with Crippen LogP contribution in [-0.4, -0.2) is 23.7 Å². The highest BCUT2D eigenvalue weighted by Crippen LogP contribution is 1.99. The molecule has 0 heterocycles. The van der Waals surface area contributed by atoms with E-state index in [-0.39, 0.29) is 12.0 Å². The van der Waals surface area contributed by atoms with Gasteiger partial charge in [-0.15, -0.1) is 12.3 Å². The van der Waals surface area contributed by atoms with Crippen LogP contribution in [0.3, 0.4) is 0 Å². The van der Waals surface area contributed by atoms with Gasteiger partial charge in [-0.1, -0.05) is 0 Å². The van der Waals surface area contributed by atoms with E-state index in [0.717, 1.165) is 32.1 Å². The third-order valence-corrected chi connectivity index (χ3v) is 2.10. The fraction of sp³-hybridized carbons (Fsp3) is 0.750. The van der Waals surface area contributed by atoms with Crippen molar-refractivity contribution in [1.29, 1.82) is 0 Å². The first-order valence-corrected chi connectivity index (χ1v) is 5.55. The van der Waals surface area contributed by atoms with Crippen LogP contribution in [0.2, 0.25) is 0 Å². The van der Waals surface area contributed by atoms with Crippen molar-refractivity contribution in [3.05, 3.63) is 0 Å². The highest BCUT2D eigenvalue weighted by molar-refractivity contribution is 5.75. The summed E-state index contributed by atoms with van der Waals surface area (Å²) in [5, 5.41) is 11.8. The van der Waals surface area contributed by atoms with Crippen molar-refractivity contribution in [2.75, 3.05) is 6.54 Å². The maximum Gasteiger partial charge on any atom is 0.219 e. The predicted octanol–water partition coefficient (Wildman–Crippen LogP) is 1.46. The quantitative estimate of drug-likeness (QED) is 0.471. The number of nitrogens with one attached hydrogen (secondary N) is 1. The third-order valence-electron chi connectivity index (χ3n) is 2.10. The van der Waals surface area contributed by atoms with Crippen LogP contribution in [-0.2, 0) is 4.79 Å². The van der Waals surface area contributed by atoms with Gasteiger partial charge >= 0.3 is 0 Å². The molecule has 0 saturated heterocycles. The Morgan fingerprint density at radius 3 is 2.80 bits per heavy atom. The molecule has 0 aromatic carbocycles. The molecule has 1 amide bonds. The Labute approximate surface area is 92.3 Å². The number of aliphatic hydroxyl groups excluding tert-OH is 1. The van der Waals surface area contributed by atoms with Gasteiger partial charge in [0.1, 0.15) is 0 Å². The molecule has 1 unspecified atom stereocenters. The number of aliphatic hydroxyl groups is 1. The average Bonchev–Trinajstić information content (AvgIpc) is 2.19. The van der Waals surface area contributed by atoms with E-state index in [1.807, 2.05) is 0 Å². The van der Waals surface area contributed by atoms with Gasteiger partial charge in [0.15, 0.2) is 0 Å². The lowest BCUT2D eigenvalue weighted by Gasteiger charge is -2.06. The lowest BCUT2D eigenvalue weighted by Crippen LogP contribution is -2.24. The molecule has 86 valence electrons. The number of carbonyl (C=O) groups excluding carboxylic acids is 1. The van der Waals surface area contributed by atoms with E-state index >= 15 is 0 Å². The summed E-state index contributed by atoms with van der Waals surface area (Å²) in [6, 6.07) is 0. The summed E-state index contributed by atoms with van der Waals surface area (Å²) < 4.78 is 0. The van der Waals surface area contributed by atoms with Gasteiger partial charge in [-0.25, -0.2) is 0 Å². The maximum absolute atomic E-state index is 11.2. The summed E-state index contributed by atoms with van der Waals surface area (Å²) in [7, 11) is 0. The summed E-state index contributed by atoms with van der Waals surface area (Å²) in [6.07, 6.45) is 9.44. The van der Waals surface area contributed by atoms with Crippen LogP contribution in [0.1, 0.15) is 45.4 Å². The molecule has 0 aliphatic heterocycles. The minimum absolute atomic E-state index is 0.0811. The topological polar surface area (TPSA) is 49.3 Å². The molecule has 0 aliphatic rings. The molecule has 0 rings (SSSR count). The Bertz CT molecular complexity index is 206. The van der Waals surface area contributed by atoms with E-state index < -0.39 is 0 Å². The average molecular weight is 211 g/mol. The number of hydrogen-bond donors (Lipinski definition) is 2. The van der Waals surface area contributed by atoms with Crippen molar-refractivity contribution >= 4 is 5.91 Å². The number of amides is 1. The fourth-order valence-electron chi connectivity index (χ4n) is 1.23. The van der Waals surface area contributed by atoms with Crippen LogP contribution >= 0.6 is 0 Å². The normalized spacial score (nSPS) is 11.8. The van der Waals surface area contributed by atoms with E-state index in [0.29, 0.717) is 13.0 Å². The molecular weight excluding hydrogens is 190 g/mol. The molecule has 0 radical (unpaired) electrons. The Morgan fingerprint density at radius 1 is 1.47 bits per heavy atom. The summed E-state index contributed by atoms with van der Waals surface area (Å²) >= 11 is 0. The summed E-state index contributed by atoms with van der Waals surface area (Å²) in [5.74, 6) is 2.63. The SMILES string of the molecule is C#CCCCCC(=O)NCCCC(C)O. The molecule has 0 bridgehead atoms. The zero-order chi connectivity index (χ0) is 11.5. The van der Waals surface area contributed by atoms with Gasteiger partial charge in [0.05, 0.1) is 6.10 Å². The maximum atomic E-state index is 11.2. The molecule has 0 aliphatic carbocycles. The van der Waals surface area contributed by atoms with Crippen molar-refractivity contribution in [3.8, 4) is 12.3 Å². The first kappa shape index (κ1) is 14.0. The van der Waals surface area contributed by atoms with Crippen LogP contribution in [0.15, 0.2) is 0 Å². The summed E-state index contributed by atoms with van der Waals surface area (Å²) in [5.41, 5.74) is 0. The number of terminal acetylenes is 1. The van der Waals surface area contributed by atoms with Gasteiger partial charge in [0, 0.05) is 19.4 Å². The minimum Gasteiger partial charge on any atom is -0.393 e. The lowest BCUT2D eigenvalue weighted by atomic mass is 10.2. The van der Waals surface area contributed by atoms with Crippen LogP contribution < -0.4 is 5.32 Å². The molecule has 0 aromatic rings. The van der Waals surface area contributed by atoms with Gasteiger partial charge in [-0.2, -0.15) is 0 Å². The van der Waals surface area contributed by atoms with E-state index in [9.17, 15) is 4.79 Å². The molecule has 3 heteroatoms. The standard InChI is InChI=1S/C12H21NO2/c1-3-4-5-6-9-12(15)13-10-7-8-11(2)14/h1,11,14H,4-10H2,2H3,(H,13,15). The van der Waals surface area contributed by atoms with Gasteiger partial charge in [-0.05, 0) is 32.6 Å². The first-order chi connectivity index (χ1) is 7.16. The summed E-state index contributed by atoms with van der Waals surface area (Å²) in [6.45, 7) is 2.40. The molecule has 3 nitrogen and oxygen atoms in total. The molecular formula is C12H21NO2. The number of unbranched alkanes of at least 4 members (excludes halogenated alkanes) is 2. The molecule has 2 N–H and O–H groups in total. The van der Waals surface area contributed by atoms with Gasteiger partial charge in [0.2, 0.25) is 5.91 Å². The predicted molar refractivity (Wildman–Crippen MR) is 61.2 cm³/mol. The second-order valence-electron chi connectivity index (χ2n) is 3.75. The largest absolute Gasteiger partial charge is 0.393 e. The fourth-order valence-corrected chi connectivity index (χ4v) is 1.23. The highest BCUT2D eigenvalue weighted by Gasteiger charge is 2.00. The van der Waals surface area contributed by atoms with Gasteiger partial charge in [0.25, 0.3) is 0 Å². The second-order valence-corrected chi connectivity index (χ2v) is 3.75. The van der Waals surface area contributed by atoms with E-state index in [4.69, 9.17) is 11.5 Å². The Balaban J connectivity index is 3.23.